The van der Waals surface area contributed by atoms with Crippen molar-refractivity contribution in [2.75, 3.05) is 0 Å². The molecule has 0 spiro atoms. The van der Waals surface area contributed by atoms with Crippen LogP contribution in [0.3, 0.4) is 0 Å². The highest BCUT2D eigenvalue weighted by atomic mass is 16.4. The number of rotatable bonds is 6. The van der Waals surface area contributed by atoms with Crippen molar-refractivity contribution in [3.05, 3.63) is 35.4 Å². The number of hydrogen-bond donors (Lipinski definition) is 1. The topological polar surface area (TPSA) is 54.4 Å². The Bertz CT molecular complexity index is 418. The Labute approximate surface area is 108 Å². The first kappa shape index (κ1) is 14.4. The van der Waals surface area contributed by atoms with Gasteiger partial charge in [0.1, 0.15) is 0 Å². The summed E-state index contributed by atoms with van der Waals surface area (Å²) in [7, 11) is 0. The van der Waals surface area contributed by atoms with Gasteiger partial charge in [0, 0.05) is 12.0 Å². The van der Waals surface area contributed by atoms with Gasteiger partial charge in [-0.3, -0.25) is 9.59 Å². The molecule has 98 valence electrons. The van der Waals surface area contributed by atoms with Crippen LogP contribution in [0.15, 0.2) is 24.3 Å². The monoisotopic (exact) mass is 248 g/mol. The van der Waals surface area contributed by atoms with Crippen molar-refractivity contribution in [3.8, 4) is 0 Å². The number of Topliss-reactive ketones (excluding diaryl/α,β-unsaturated/α-hetero) is 1. The van der Waals surface area contributed by atoms with Gasteiger partial charge in [-0.2, -0.15) is 0 Å². The molecule has 1 N–H and O–H groups in total. The Hall–Kier alpha value is -1.64. The molecule has 0 saturated heterocycles. The molecule has 1 unspecified atom stereocenters. The van der Waals surface area contributed by atoms with E-state index in [9.17, 15) is 9.59 Å². The molecule has 0 aliphatic rings. The third-order valence-corrected chi connectivity index (χ3v) is 2.83. The van der Waals surface area contributed by atoms with Crippen LogP contribution in [0, 0.1) is 11.8 Å². The maximum atomic E-state index is 11.8. The van der Waals surface area contributed by atoms with E-state index in [1.54, 1.807) is 19.1 Å². The minimum atomic E-state index is -0.931. The molecule has 0 bridgehead atoms. The van der Waals surface area contributed by atoms with Gasteiger partial charge in [0.25, 0.3) is 0 Å². The molecule has 1 aromatic carbocycles. The first-order valence-corrected chi connectivity index (χ1v) is 6.25. The summed E-state index contributed by atoms with van der Waals surface area (Å²) in [5, 5.41) is 8.77. The van der Waals surface area contributed by atoms with Crippen LogP contribution < -0.4 is 0 Å². The smallest absolute Gasteiger partial charge is 0.306 e. The lowest BCUT2D eigenvalue weighted by molar-refractivity contribution is -0.141. The van der Waals surface area contributed by atoms with Crippen molar-refractivity contribution in [1.82, 2.24) is 0 Å². The zero-order chi connectivity index (χ0) is 13.7. The van der Waals surface area contributed by atoms with E-state index < -0.39 is 11.9 Å². The Morgan fingerprint density at radius 3 is 2.11 bits per heavy atom. The van der Waals surface area contributed by atoms with Crippen LogP contribution in [-0.2, 0) is 11.2 Å². The lowest BCUT2D eigenvalue weighted by atomic mass is 9.97. The number of benzene rings is 1. The number of carboxylic acids is 1. The highest BCUT2D eigenvalue weighted by Gasteiger charge is 2.16. The third kappa shape index (κ3) is 4.32. The van der Waals surface area contributed by atoms with Crippen molar-refractivity contribution >= 4 is 11.8 Å². The van der Waals surface area contributed by atoms with Gasteiger partial charge < -0.3 is 5.11 Å². The van der Waals surface area contributed by atoms with E-state index in [1.807, 2.05) is 12.1 Å². The molecule has 18 heavy (non-hydrogen) atoms. The predicted octanol–water partition coefficient (Wildman–Crippen LogP) is 3.18. The van der Waals surface area contributed by atoms with Crippen LogP contribution in [0.2, 0.25) is 0 Å². The average molecular weight is 248 g/mol. The van der Waals surface area contributed by atoms with Crippen LogP contribution in [0.4, 0.5) is 0 Å². The van der Waals surface area contributed by atoms with Crippen molar-refractivity contribution in [1.29, 1.82) is 0 Å². The van der Waals surface area contributed by atoms with Gasteiger partial charge in [0.05, 0.1) is 5.92 Å². The Morgan fingerprint density at radius 1 is 1.11 bits per heavy atom. The number of carbonyl (C=O) groups excluding carboxylic acids is 1. The average Bonchev–Trinajstić information content (AvgIpc) is 2.28. The van der Waals surface area contributed by atoms with Crippen molar-refractivity contribution < 1.29 is 14.7 Å². The fraction of sp³-hybridized carbons (Fsp3) is 0.467. The quantitative estimate of drug-likeness (QED) is 0.787. The normalized spacial score (nSPS) is 12.4. The largest absolute Gasteiger partial charge is 0.481 e. The number of carbonyl (C=O) groups is 2. The molecule has 0 saturated carbocycles. The molecule has 3 nitrogen and oxygen atoms in total. The molecule has 1 rings (SSSR count). The summed E-state index contributed by atoms with van der Waals surface area (Å²) in [4.78, 5) is 22.5. The highest BCUT2D eigenvalue weighted by molar-refractivity contribution is 5.97. The fourth-order valence-electron chi connectivity index (χ4n) is 1.78. The molecule has 0 radical (unpaired) electrons. The Kier molecular flexibility index (Phi) is 5.08. The van der Waals surface area contributed by atoms with E-state index in [2.05, 4.69) is 13.8 Å². The number of ketones is 1. The van der Waals surface area contributed by atoms with Crippen LogP contribution in [0.1, 0.15) is 43.1 Å². The summed E-state index contributed by atoms with van der Waals surface area (Å²) >= 11 is 0. The van der Waals surface area contributed by atoms with Gasteiger partial charge in [-0.1, -0.05) is 45.0 Å². The molecule has 0 aliphatic carbocycles. The van der Waals surface area contributed by atoms with Crippen molar-refractivity contribution in [3.63, 3.8) is 0 Å². The minimum absolute atomic E-state index is 0.0544. The summed E-state index contributed by atoms with van der Waals surface area (Å²) in [6, 6.07) is 7.46. The van der Waals surface area contributed by atoms with Crippen LogP contribution in [0.5, 0.6) is 0 Å². The zero-order valence-corrected chi connectivity index (χ0v) is 11.1. The highest BCUT2D eigenvalue weighted by Crippen LogP contribution is 2.13. The molecule has 0 aliphatic heterocycles. The Morgan fingerprint density at radius 2 is 1.67 bits per heavy atom. The van der Waals surface area contributed by atoms with E-state index in [1.165, 1.54) is 5.56 Å². The number of aliphatic carboxylic acids is 1. The summed E-state index contributed by atoms with van der Waals surface area (Å²) < 4.78 is 0. The molecule has 0 fully saturated rings. The number of carboxylic acid groups (broad SMARTS) is 1. The molecule has 0 heterocycles. The summed E-state index contributed by atoms with van der Waals surface area (Å²) in [6.07, 6.45) is 1.04. The second-order valence-electron chi connectivity index (χ2n) is 5.16. The van der Waals surface area contributed by atoms with Gasteiger partial charge in [-0.05, 0) is 17.9 Å². The lowest BCUT2D eigenvalue weighted by Gasteiger charge is -2.07. The van der Waals surface area contributed by atoms with Gasteiger partial charge in [0.2, 0.25) is 0 Å². The summed E-state index contributed by atoms with van der Waals surface area (Å²) in [5.41, 5.74) is 1.79. The zero-order valence-electron chi connectivity index (χ0n) is 11.1. The van der Waals surface area contributed by atoms with E-state index in [0.717, 1.165) is 6.42 Å². The van der Waals surface area contributed by atoms with Crippen LogP contribution in [-0.4, -0.2) is 16.9 Å². The molecule has 1 aromatic rings. The van der Waals surface area contributed by atoms with Gasteiger partial charge in [-0.25, -0.2) is 0 Å². The Balaban J connectivity index is 2.67. The first-order valence-electron chi connectivity index (χ1n) is 6.25. The fourth-order valence-corrected chi connectivity index (χ4v) is 1.78. The second kappa shape index (κ2) is 6.34. The predicted molar refractivity (Wildman–Crippen MR) is 70.7 cm³/mol. The second-order valence-corrected chi connectivity index (χ2v) is 5.16. The van der Waals surface area contributed by atoms with Gasteiger partial charge in [-0.15, -0.1) is 0 Å². The van der Waals surface area contributed by atoms with E-state index in [-0.39, 0.29) is 12.2 Å². The van der Waals surface area contributed by atoms with E-state index >= 15 is 0 Å². The third-order valence-electron chi connectivity index (χ3n) is 2.83. The first-order chi connectivity index (χ1) is 8.40. The van der Waals surface area contributed by atoms with Gasteiger partial charge >= 0.3 is 5.97 Å². The summed E-state index contributed by atoms with van der Waals surface area (Å²) in [6.45, 7) is 5.84. The maximum absolute atomic E-state index is 11.8. The lowest BCUT2D eigenvalue weighted by Crippen LogP contribution is -2.14. The van der Waals surface area contributed by atoms with Crippen LogP contribution in [0.25, 0.3) is 0 Å². The molecule has 0 aromatic heterocycles. The van der Waals surface area contributed by atoms with E-state index in [4.69, 9.17) is 5.11 Å². The van der Waals surface area contributed by atoms with E-state index in [0.29, 0.717) is 11.5 Å². The molecule has 1 atom stereocenters. The van der Waals surface area contributed by atoms with Gasteiger partial charge in [0.15, 0.2) is 5.78 Å². The minimum Gasteiger partial charge on any atom is -0.481 e. The van der Waals surface area contributed by atoms with Crippen molar-refractivity contribution in [2.24, 2.45) is 11.8 Å². The van der Waals surface area contributed by atoms with Crippen molar-refractivity contribution in [2.45, 2.75) is 33.6 Å². The number of hydrogen-bond acceptors (Lipinski definition) is 2. The standard InChI is InChI=1S/C15H20O3/c1-10(2)8-12-4-6-13(7-5-12)14(16)9-11(3)15(17)18/h4-7,10-11H,8-9H2,1-3H3,(H,17,18). The molecular weight excluding hydrogens is 228 g/mol. The molecular formula is C15H20O3. The van der Waals surface area contributed by atoms with Crippen LogP contribution >= 0.6 is 0 Å². The summed E-state index contributed by atoms with van der Waals surface area (Å²) in [5.74, 6) is -1.09. The molecule has 0 amide bonds. The maximum Gasteiger partial charge on any atom is 0.306 e. The molecule has 3 heteroatoms. The SMILES string of the molecule is CC(C)Cc1ccc(C(=O)CC(C)C(=O)O)cc1.